The van der Waals surface area contributed by atoms with E-state index in [9.17, 15) is 18.9 Å². The van der Waals surface area contributed by atoms with E-state index in [1.54, 1.807) is 68.4 Å². The van der Waals surface area contributed by atoms with E-state index in [1.165, 1.54) is 0 Å². The van der Waals surface area contributed by atoms with Crippen molar-refractivity contribution < 1.29 is 51.5 Å². The van der Waals surface area contributed by atoms with E-state index in [0.29, 0.717) is 84.5 Å². The Kier molecular flexibility index (Phi) is 28.2. The zero-order valence-electron chi connectivity index (χ0n) is 44.7. The first-order valence-electron chi connectivity index (χ1n) is 26.6. The van der Waals surface area contributed by atoms with Crippen molar-refractivity contribution in [3.8, 4) is 29.1 Å². The Hall–Kier alpha value is -4.94. The first-order chi connectivity index (χ1) is 35.8. The van der Waals surface area contributed by atoms with Gasteiger partial charge >= 0.3 is 7.82 Å². The van der Waals surface area contributed by atoms with Crippen LogP contribution in [0, 0.1) is 23.7 Å². The maximum Gasteiger partial charge on any atom is 0.474 e. The number of ketones is 1. The topological polar surface area (TPSA) is 200 Å². The standard InChI is InChI=1S/C57H82ClN4O11P/c1-6-7-36-71-74(66,73-38-19-33-60)72-37-16-10-8-9-12-28-57(30-14-15-32-59,31-18-34-61-55(64)21-17-35-70-51-41-49(68-4)40-50(42-51)69-5)29-13-11-20-47(63)39-52-44(2)62(54-27-26-48(67-3)43-53(52)54)56(65)45-22-24-46(58)25-23-45/h22-27,40-43H,6-21,28-32,34-39,59H2,1-5H3,(H,61,64). The number of hydrogen-bond acceptors (Lipinski definition) is 13. The van der Waals surface area contributed by atoms with Gasteiger partial charge in [0.1, 0.15) is 28.8 Å². The summed E-state index contributed by atoms with van der Waals surface area (Å²) in [6.45, 7) is 5.96. The molecule has 15 nitrogen and oxygen atoms in total. The lowest BCUT2D eigenvalue weighted by Crippen LogP contribution is -2.28. The molecule has 4 aromatic rings. The van der Waals surface area contributed by atoms with Crippen molar-refractivity contribution in [2.45, 2.75) is 149 Å². The first kappa shape index (κ1) is 61.6. The van der Waals surface area contributed by atoms with Gasteiger partial charge in [-0.05, 0) is 131 Å². The molecule has 0 aliphatic rings. The van der Waals surface area contributed by atoms with Crippen molar-refractivity contribution in [2.24, 2.45) is 11.1 Å². The molecule has 0 aliphatic heterocycles. The maximum atomic E-state index is 13.9. The summed E-state index contributed by atoms with van der Waals surface area (Å²) in [5.74, 6) is 2.42. The van der Waals surface area contributed by atoms with E-state index in [4.69, 9.17) is 55.1 Å². The molecule has 1 aromatic heterocycles. The predicted octanol–water partition coefficient (Wildman–Crippen LogP) is 13.1. The summed E-state index contributed by atoms with van der Waals surface area (Å²) in [6.07, 6.45) is 16.1. The number of nitrogens with zero attached hydrogens (tertiary/aromatic N) is 2. The van der Waals surface area contributed by atoms with Crippen LogP contribution < -0.4 is 30.0 Å². The molecular weight excluding hydrogens is 983 g/mol. The lowest BCUT2D eigenvalue weighted by molar-refractivity contribution is -0.121. The quantitative estimate of drug-likeness (QED) is 0.0315. The fourth-order valence-electron chi connectivity index (χ4n) is 9.31. The number of amides is 1. The number of Topliss-reactive ketones (excluding diaryl/α,β-unsaturated/α-hetero) is 1. The summed E-state index contributed by atoms with van der Waals surface area (Å²) in [7, 11) is 1.04. The number of halogens is 1. The number of ether oxygens (including phenoxy) is 4. The van der Waals surface area contributed by atoms with Crippen LogP contribution in [0.4, 0.5) is 0 Å². The number of aromatic nitrogens is 1. The van der Waals surface area contributed by atoms with Crippen LogP contribution in [0.1, 0.15) is 157 Å². The Morgan fingerprint density at radius 1 is 0.703 bits per heavy atom. The summed E-state index contributed by atoms with van der Waals surface area (Å²) in [6, 6.07) is 19.7. The molecule has 0 fully saturated rings. The molecule has 0 bridgehead atoms. The number of nitrogens with one attached hydrogen (secondary N) is 1. The minimum absolute atomic E-state index is 0.00349. The minimum Gasteiger partial charge on any atom is -0.497 e. The van der Waals surface area contributed by atoms with Gasteiger partial charge in [-0.2, -0.15) is 5.26 Å². The number of phosphoric ester groups is 1. The van der Waals surface area contributed by atoms with Crippen molar-refractivity contribution in [1.82, 2.24) is 9.88 Å². The van der Waals surface area contributed by atoms with E-state index in [1.807, 2.05) is 38.1 Å². The number of benzene rings is 3. The van der Waals surface area contributed by atoms with Gasteiger partial charge in [-0.3, -0.25) is 32.5 Å². The number of rotatable bonds is 40. The van der Waals surface area contributed by atoms with Crippen molar-refractivity contribution in [3.05, 3.63) is 82.5 Å². The molecule has 4 rings (SSSR count). The van der Waals surface area contributed by atoms with Crippen LogP contribution in [0.5, 0.6) is 23.0 Å². The highest BCUT2D eigenvalue weighted by molar-refractivity contribution is 7.48. The minimum atomic E-state index is -3.73. The number of phosphoric acid groups is 1. The summed E-state index contributed by atoms with van der Waals surface area (Å²) in [5, 5.41) is 13.4. The largest absolute Gasteiger partial charge is 0.497 e. The number of carbonyl (C=O) groups is 3. The van der Waals surface area contributed by atoms with Gasteiger partial charge in [0.15, 0.2) is 0 Å². The average molecular weight is 1070 g/mol. The second-order valence-electron chi connectivity index (χ2n) is 18.9. The molecule has 17 heteroatoms. The van der Waals surface area contributed by atoms with E-state index in [0.717, 1.165) is 113 Å². The number of hydrogen-bond donors (Lipinski definition) is 2. The van der Waals surface area contributed by atoms with Crippen LogP contribution in [-0.2, 0) is 34.1 Å². The first-order valence-corrected chi connectivity index (χ1v) is 28.4. The number of nitrogens with two attached hydrogens (primary N) is 1. The Bertz CT molecular complexity index is 2400. The molecule has 0 aliphatic carbocycles. The monoisotopic (exact) mass is 1060 g/mol. The molecule has 0 spiro atoms. The molecular formula is C57H82ClN4O11P. The predicted molar refractivity (Wildman–Crippen MR) is 292 cm³/mol. The van der Waals surface area contributed by atoms with Gasteiger partial charge in [0.05, 0.1) is 65.8 Å². The molecule has 1 heterocycles. The summed E-state index contributed by atoms with van der Waals surface area (Å²) in [4.78, 5) is 40.8. The highest BCUT2D eigenvalue weighted by Crippen LogP contribution is 2.50. The van der Waals surface area contributed by atoms with Crippen molar-refractivity contribution in [3.63, 3.8) is 0 Å². The van der Waals surface area contributed by atoms with Crippen molar-refractivity contribution in [2.75, 3.05) is 60.8 Å². The van der Waals surface area contributed by atoms with Crippen molar-refractivity contribution in [1.29, 1.82) is 5.26 Å². The van der Waals surface area contributed by atoms with Crippen LogP contribution in [0.3, 0.4) is 0 Å². The number of methoxy groups -OCH3 is 3. The molecule has 2 atom stereocenters. The lowest BCUT2D eigenvalue weighted by Gasteiger charge is -2.35. The van der Waals surface area contributed by atoms with Crippen LogP contribution in [0.15, 0.2) is 60.7 Å². The Balaban J connectivity index is 1.38. The molecule has 3 aromatic carbocycles. The van der Waals surface area contributed by atoms with Gasteiger partial charge in [0.2, 0.25) is 5.91 Å². The molecule has 0 saturated heterocycles. The molecule has 0 saturated carbocycles. The average Bonchev–Trinajstić information content (AvgIpc) is 3.67. The van der Waals surface area contributed by atoms with Crippen LogP contribution >= 0.6 is 19.4 Å². The summed E-state index contributed by atoms with van der Waals surface area (Å²) >= 11 is 6.14. The van der Waals surface area contributed by atoms with Gasteiger partial charge < -0.3 is 30.0 Å². The van der Waals surface area contributed by atoms with Gasteiger partial charge in [0, 0.05) is 65.7 Å². The molecule has 1 amide bonds. The van der Waals surface area contributed by atoms with Gasteiger partial charge in [-0.25, -0.2) is 4.57 Å². The SMILES string of the molecule is CCCCOP(=O)(OCCC#N)OCCCCCCCC(CCCCN)(CCCCC(=O)Cc1c(C)n(C(=O)c2ccc(Cl)cc2)c2ccc(OC)cc12)CCCNC(=O)CCCOc1cc(OC)cc(OC)c1. The Labute approximate surface area is 445 Å². The second-order valence-corrected chi connectivity index (χ2v) is 21.0. The third-order valence-electron chi connectivity index (χ3n) is 13.4. The summed E-state index contributed by atoms with van der Waals surface area (Å²) in [5.41, 5.74) is 8.79. The Morgan fingerprint density at radius 3 is 1.97 bits per heavy atom. The lowest BCUT2D eigenvalue weighted by atomic mass is 9.71. The van der Waals surface area contributed by atoms with E-state index in [2.05, 4.69) is 5.32 Å². The third-order valence-corrected chi connectivity index (χ3v) is 15.2. The fraction of sp³-hybridized carbons (Fsp3) is 0.579. The van der Waals surface area contributed by atoms with Crippen LogP contribution in [0.2, 0.25) is 5.02 Å². The highest BCUT2D eigenvalue weighted by atomic mass is 35.5. The van der Waals surface area contributed by atoms with E-state index in [-0.39, 0.29) is 55.7 Å². The van der Waals surface area contributed by atoms with Gasteiger partial charge in [-0.15, -0.1) is 0 Å². The second kappa shape index (κ2) is 33.9. The maximum absolute atomic E-state index is 13.9. The molecule has 408 valence electrons. The van der Waals surface area contributed by atoms with Gasteiger partial charge in [-0.1, -0.05) is 63.5 Å². The number of nitriles is 1. The molecule has 3 N–H and O–H groups in total. The molecule has 0 radical (unpaired) electrons. The Morgan fingerprint density at radius 2 is 1.31 bits per heavy atom. The normalized spacial score (nSPS) is 12.9. The van der Waals surface area contributed by atoms with Crippen LogP contribution in [-0.4, -0.2) is 83.0 Å². The van der Waals surface area contributed by atoms with E-state index >= 15 is 0 Å². The van der Waals surface area contributed by atoms with Crippen molar-refractivity contribution >= 4 is 47.9 Å². The number of unbranched alkanes of at least 4 members (excludes halogenated alkanes) is 7. The smallest absolute Gasteiger partial charge is 0.474 e. The molecule has 2 unspecified atom stereocenters. The fourth-order valence-corrected chi connectivity index (χ4v) is 10.7. The number of carbonyl (C=O) groups excluding carboxylic acids is 3. The summed E-state index contributed by atoms with van der Waals surface area (Å²) < 4.78 is 53.5. The third kappa shape index (κ3) is 21.0. The van der Waals surface area contributed by atoms with Gasteiger partial charge in [0.25, 0.3) is 5.91 Å². The zero-order valence-corrected chi connectivity index (χ0v) is 46.3. The van der Waals surface area contributed by atoms with Crippen LogP contribution in [0.25, 0.3) is 10.9 Å². The zero-order chi connectivity index (χ0) is 53.6. The van der Waals surface area contributed by atoms with E-state index < -0.39 is 7.82 Å². The molecule has 74 heavy (non-hydrogen) atoms. The number of fused-ring (bicyclic) bond motifs is 1. The highest BCUT2D eigenvalue weighted by Gasteiger charge is 2.30.